The van der Waals surface area contributed by atoms with Crippen LogP contribution in [0, 0.1) is 13.8 Å². The first-order valence-electron chi connectivity index (χ1n) is 4.51. The van der Waals surface area contributed by atoms with Crippen LogP contribution in [-0.4, -0.2) is 15.5 Å². The molecule has 0 amide bonds. The number of benzene rings is 1. The first kappa shape index (κ1) is 13.6. The summed E-state index contributed by atoms with van der Waals surface area (Å²) in [6.07, 6.45) is 0. The molecule has 0 bridgehead atoms. The maximum atomic E-state index is 11.0. The van der Waals surface area contributed by atoms with Crippen LogP contribution in [0.4, 0.5) is 0 Å². The average Bonchev–Trinajstić information content (AvgIpc) is 2.13. The van der Waals surface area contributed by atoms with E-state index in [1.165, 1.54) is 7.11 Å². The van der Waals surface area contributed by atoms with Crippen LogP contribution in [0.5, 0.6) is 5.75 Å². The highest BCUT2D eigenvalue weighted by Gasteiger charge is 2.16. The minimum atomic E-state index is -3.60. The van der Waals surface area contributed by atoms with Crippen molar-refractivity contribution in [3.8, 4) is 5.75 Å². The molecule has 0 atom stereocenters. The van der Waals surface area contributed by atoms with Gasteiger partial charge >= 0.3 is 0 Å². The van der Waals surface area contributed by atoms with Crippen LogP contribution in [0.25, 0.3) is 0 Å². The van der Waals surface area contributed by atoms with Crippen LogP contribution in [0.2, 0.25) is 5.02 Å². The van der Waals surface area contributed by atoms with Gasteiger partial charge in [0.2, 0.25) is 9.05 Å². The van der Waals surface area contributed by atoms with Gasteiger partial charge in [0, 0.05) is 21.3 Å². The quantitative estimate of drug-likeness (QED) is 0.801. The highest BCUT2D eigenvalue weighted by atomic mass is 35.7. The summed E-state index contributed by atoms with van der Waals surface area (Å²) in [5, 5.41) is 0.470. The van der Waals surface area contributed by atoms with Crippen LogP contribution >= 0.6 is 22.3 Å². The van der Waals surface area contributed by atoms with Gasteiger partial charge in [0.05, 0.1) is 12.9 Å². The predicted molar refractivity (Wildman–Crippen MR) is 66.0 cm³/mol. The fourth-order valence-electron chi connectivity index (χ4n) is 1.55. The van der Waals surface area contributed by atoms with Crippen LogP contribution in [0.1, 0.15) is 16.7 Å². The van der Waals surface area contributed by atoms with Crippen molar-refractivity contribution in [1.82, 2.24) is 0 Å². The second-order valence-electron chi connectivity index (χ2n) is 3.48. The van der Waals surface area contributed by atoms with E-state index in [4.69, 9.17) is 27.0 Å². The van der Waals surface area contributed by atoms with E-state index in [-0.39, 0.29) is 5.75 Å². The molecule has 0 saturated carbocycles. The Hall–Kier alpha value is -0.450. The van der Waals surface area contributed by atoms with Crippen LogP contribution in [0.3, 0.4) is 0 Å². The zero-order valence-corrected chi connectivity index (χ0v) is 11.5. The van der Waals surface area contributed by atoms with Crippen molar-refractivity contribution in [2.24, 2.45) is 0 Å². The summed E-state index contributed by atoms with van der Waals surface area (Å²) in [6.45, 7) is 3.59. The lowest BCUT2D eigenvalue weighted by Crippen LogP contribution is -2.01. The number of hydrogen-bond donors (Lipinski definition) is 0. The minimum absolute atomic E-state index is 0.253. The average molecular weight is 283 g/mol. The van der Waals surface area contributed by atoms with Gasteiger partial charge in [-0.3, -0.25) is 0 Å². The van der Waals surface area contributed by atoms with Crippen molar-refractivity contribution in [3.05, 3.63) is 27.8 Å². The van der Waals surface area contributed by atoms with Crippen molar-refractivity contribution in [3.63, 3.8) is 0 Å². The third kappa shape index (κ3) is 3.03. The third-order valence-electron chi connectivity index (χ3n) is 2.35. The van der Waals surface area contributed by atoms with E-state index in [9.17, 15) is 8.42 Å². The minimum Gasteiger partial charge on any atom is -0.496 e. The molecular formula is C10H12Cl2O3S. The second-order valence-corrected chi connectivity index (χ2v) is 6.67. The molecule has 16 heavy (non-hydrogen) atoms. The molecule has 0 aliphatic rings. The highest BCUT2D eigenvalue weighted by Crippen LogP contribution is 2.33. The highest BCUT2D eigenvalue weighted by molar-refractivity contribution is 8.13. The largest absolute Gasteiger partial charge is 0.496 e. The standard InChI is InChI=1S/C10H12Cl2O3S/c1-6-8(5-16(12,13)14)4-9(11)7(2)10(6)15-3/h4H,5H2,1-3H3. The number of rotatable bonds is 3. The van der Waals surface area contributed by atoms with E-state index in [0.29, 0.717) is 16.3 Å². The number of methoxy groups -OCH3 is 1. The molecule has 1 rings (SSSR count). The molecular weight excluding hydrogens is 271 g/mol. The molecule has 90 valence electrons. The molecule has 0 saturated heterocycles. The lowest BCUT2D eigenvalue weighted by molar-refractivity contribution is 0.408. The molecule has 1 aromatic carbocycles. The Morgan fingerprint density at radius 2 is 1.88 bits per heavy atom. The Morgan fingerprint density at radius 1 is 1.31 bits per heavy atom. The monoisotopic (exact) mass is 282 g/mol. The zero-order chi connectivity index (χ0) is 12.5. The Labute approximate surface area is 105 Å². The number of halogens is 2. The molecule has 0 aromatic heterocycles. The maximum Gasteiger partial charge on any atom is 0.236 e. The van der Waals surface area contributed by atoms with Gasteiger partial charge in [0.25, 0.3) is 0 Å². The number of ether oxygens (including phenoxy) is 1. The van der Waals surface area contributed by atoms with Crippen molar-refractivity contribution in [1.29, 1.82) is 0 Å². The lowest BCUT2D eigenvalue weighted by atomic mass is 10.1. The van der Waals surface area contributed by atoms with E-state index in [1.54, 1.807) is 13.0 Å². The molecule has 0 radical (unpaired) electrons. The van der Waals surface area contributed by atoms with E-state index < -0.39 is 9.05 Å². The van der Waals surface area contributed by atoms with Gasteiger partial charge in [-0.25, -0.2) is 8.42 Å². The van der Waals surface area contributed by atoms with E-state index in [2.05, 4.69) is 0 Å². The van der Waals surface area contributed by atoms with E-state index in [1.807, 2.05) is 6.92 Å². The van der Waals surface area contributed by atoms with Gasteiger partial charge in [-0.15, -0.1) is 0 Å². The van der Waals surface area contributed by atoms with Gasteiger partial charge < -0.3 is 4.74 Å². The maximum absolute atomic E-state index is 11.0. The topological polar surface area (TPSA) is 43.4 Å². The lowest BCUT2D eigenvalue weighted by Gasteiger charge is -2.13. The van der Waals surface area contributed by atoms with Crippen LogP contribution in [-0.2, 0) is 14.8 Å². The van der Waals surface area contributed by atoms with Gasteiger partial charge in [-0.05, 0) is 31.0 Å². The second kappa shape index (κ2) is 4.82. The summed E-state index contributed by atoms with van der Waals surface area (Å²) in [6, 6.07) is 1.61. The molecule has 1 aromatic rings. The predicted octanol–water partition coefficient (Wildman–Crippen LogP) is 3.03. The van der Waals surface area contributed by atoms with E-state index in [0.717, 1.165) is 11.1 Å². The Morgan fingerprint density at radius 3 is 2.31 bits per heavy atom. The Bertz CT molecular complexity index is 509. The molecule has 6 heteroatoms. The Kier molecular flexibility index (Phi) is 4.10. The molecule has 0 fully saturated rings. The van der Waals surface area contributed by atoms with Gasteiger partial charge in [-0.1, -0.05) is 11.6 Å². The fraction of sp³-hybridized carbons (Fsp3) is 0.400. The van der Waals surface area contributed by atoms with Gasteiger partial charge in [0.1, 0.15) is 5.75 Å². The zero-order valence-electron chi connectivity index (χ0n) is 9.17. The molecule has 3 nitrogen and oxygen atoms in total. The molecule has 0 spiro atoms. The third-order valence-corrected chi connectivity index (χ3v) is 3.73. The molecule has 0 unspecified atom stereocenters. The van der Waals surface area contributed by atoms with Crippen molar-refractivity contribution in [2.75, 3.05) is 7.11 Å². The summed E-state index contributed by atoms with van der Waals surface area (Å²) in [5.41, 5.74) is 2.09. The summed E-state index contributed by atoms with van der Waals surface area (Å²) < 4.78 is 27.2. The van der Waals surface area contributed by atoms with Crippen LogP contribution in [0.15, 0.2) is 6.07 Å². The van der Waals surface area contributed by atoms with Crippen molar-refractivity contribution in [2.45, 2.75) is 19.6 Å². The summed E-state index contributed by atoms with van der Waals surface area (Å²) in [7, 11) is 3.14. The normalized spacial score (nSPS) is 11.6. The van der Waals surface area contributed by atoms with Crippen molar-refractivity contribution >= 4 is 31.3 Å². The molecule has 0 heterocycles. The summed E-state index contributed by atoms with van der Waals surface area (Å²) >= 11 is 5.98. The fourth-order valence-corrected chi connectivity index (χ4v) is 2.79. The van der Waals surface area contributed by atoms with Crippen molar-refractivity contribution < 1.29 is 13.2 Å². The SMILES string of the molecule is COc1c(C)c(Cl)cc(CS(=O)(=O)Cl)c1C. The van der Waals surface area contributed by atoms with Gasteiger partial charge in [0.15, 0.2) is 0 Å². The molecule has 0 N–H and O–H groups in total. The van der Waals surface area contributed by atoms with Crippen LogP contribution < -0.4 is 4.74 Å². The smallest absolute Gasteiger partial charge is 0.236 e. The first-order valence-corrected chi connectivity index (χ1v) is 7.36. The number of hydrogen-bond acceptors (Lipinski definition) is 3. The summed E-state index contributed by atoms with van der Waals surface area (Å²) in [5.74, 6) is 0.347. The Balaban J connectivity index is 3.37. The first-order chi connectivity index (χ1) is 7.26. The molecule has 0 aliphatic carbocycles. The molecule has 0 aliphatic heterocycles. The van der Waals surface area contributed by atoms with E-state index >= 15 is 0 Å². The van der Waals surface area contributed by atoms with Gasteiger partial charge in [-0.2, -0.15) is 0 Å². The summed E-state index contributed by atoms with van der Waals surface area (Å²) in [4.78, 5) is 0.